The van der Waals surface area contributed by atoms with Crippen molar-refractivity contribution in [1.82, 2.24) is 4.98 Å². The molecule has 2 rings (SSSR count). The molecule has 3 nitrogen and oxygen atoms in total. The molecule has 3 heteroatoms. The van der Waals surface area contributed by atoms with Crippen molar-refractivity contribution < 1.29 is 9.52 Å². The van der Waals surface area contributed by atoms with Crippen molar-refractivity contribution in [1.29, 1.82) is 0 Å². The van der Waals surface area contributed by atoms with Crippen LogP contribution >= 0.6 is 0 Å². The predicted octanol–water partition coefficient (Wildman–Crippen LogP) is 2.39. The van der Waals surface area contributed by atoms with Crippen molar-refractivity contribution in [2.45, 2.75) is 13.0 Å². The van der Waals surface area contributed by atoms with Gasteiger partial charge in [-0.15, -0.1) is 0 Å². The summed E-state index contributed by atoms with van der Waals surface area (Å²) < 4.78 is 5.16. The first-order chi connectivity index (χ1) is 6.77. The third-order valence-electron chi connectivity index (χ3n) is 2.05. The molecule has 0 aliphatic rings. The van der Waals surface area contributed by atoms with Crippen LogP contribution in [0.5, 0.6) is 0 Å². The molecule has 14 heavy (non-hydrogen) atoms. The Hall–Kier alpha value is -1.61. The summed E-state index contributed by atoms with van der Waals surface area (Å²) in [6.45, 7) is 1.73. The van der Waals surface area contributed by atoms with E-state index >= 15 is 0 Å². The van der Waals surface area contributed by atoms with Gasteiger partial charge in [0.1, 0.15) is 6.26 Å². The number of benzene rings is 1. The highest BCUT2D eigenvalue weighted by Gasteiger charge is 2.05. The van der Waals surface area contributed by atoms with Gasteiger partial charge in [-0.2, -0.15) is 0 Å². The third kappa shape index (κ3) is 1.67. The second kappa shape index (κ2) is 3.64. The van der Waals surface area contributed by atoms with Crippen molar-refractivity contribution in [3.05, 3.63) is 42.3 Å². The summed E-state index contributed by atoms with van der Waals surface area (Å²) in [5, 5.41) is 9.39. The first-order valence-corrected chi connectivity index (χ1v) is 4.45. The molecule has 1 N–H and O–H groups in total. The van der Waals surface area contributed by atoms with Gasteiger partial charge in [-0.1, -0.05) is 12.1 Å². The van der Waals surface area contributed by atoms with Crippen molar-refractivity contribution in [2.75, 3.05) is 0 Å². The molecule has 0 spiro atoms. The highest BCUT2D eigenvalue weighted by Crippen LogP contribution is 2.21. The lowest BCUT2D eigenvalue weighted by Gasteiger charge is -2.04. The van der Waals surface area contributed by atoms with E-state index in [1.54, 1.807) is 13.1 Å². The van der Waals surface area contributed by atoms with E-state index in [1.807, 2.05) is 24.3 Å². The smallest absolute Gasteiger partial charge is 0.225 e. The van der Waals surface area contributed by atoms with Crippen LogP contribution in [0.15, 0.2) is 41.1 Å². The summed E-state index contributed by atoms with van der Waals surface area (Å²) in [4.78, 5) is 4.04. The van der Waals surface area contributed by atoms with Gasteiger partial charge in [0.15, 0.2) is 0 Å². The van der Waals surface area contributed by atoms with Crippen LogP contribution in [-0.4, -0.2) is 10.1 Å². The molecule has 1 aromatic carbocycles. The minimum atomic E-state index is -0.468. The van der Waals surface area contributed by atoms with E-state index in [-0.39, 0.29) is 0 Å². The van der Waals surface area contributed by atoms with Gasteiger partial charge in [0.2, 0.25) is 5.89 Å². The van der Waals surface area contributed by atoms with E-state index in [0.717, 1.165) is 11.1 Å². The van der Waals surface area contributed by atoms with E-state index in [9.17, 15) is 5.11 Å². The highest BCUT2D eigenvalue weighted by molar-refractivity contribution is 5.54. The van der Waals surface area contributed by atoms with Crippen LogP contribution in [0.1, 0.15) is 18.6 Å². The van der Waals surface area contributed by atoms with Crippen molar-refractivity contribution in [3.63, 3.8) is 0 Å². The molecule has 1 atom stereocenters. The average Bonchev–Trinajstić information content (AvgIpc) is 2.71. The summed E-state index contributed by atoms with van der Waals surface area (Å²) in [5.74, 6) is 0.576. The van der Waals surface area contributed by atoms with Crippen molar-refractivity contribution >= 4 is 0 Å². The number of rotatable bonds is 2. The topological polar surface area (TPSA) is 46.3 Å². The van der Waals surface area contributed by atoms with Gasteiger partial charge in [0.25, 0.3) is 0 Å². The first-order valence-electron chi connectivity index (χ1n) is 4.45. The number of oxazole rings is 1. The van der Waals surface area contributed by atoms with Crippen molar-refractivity contribution in [3.8, 4) is 11.5 Å². The Morgan fingerprint density at radius 3 is 2.93 bits per heavy atom. The lowest BCUT2D eigenvalue weighted by atomic mass is 10.1. The molecule has 1 unspecified atom stereocenters. The third-order valence-corrected chi connectivity index (χ3v) is 2.05. The Morgan fingerprint density at radius 2 is 2.29 bits per heavy atom. The zero-order valence-electron chi connectivity index (χ0n) is 7.84. The summed E-state index contributed by atoms with van der Waals surface area (Å²) in [5.41, 5.74) is 1.74. The normalized spacial score (nSPS) is 12.7. The Bertz CT molecular complexity index is 407. The minimum absolute atomic E-state index is 0.468. The van der Waals surface area contributed by atoms with Crippen LogP contribution in [0.3, 0.4) is 0 Å². The molecular formula is C11H11NO2. The van der Waals surface area contributed by atoms with Gasteiger partial charge in [-0.05, 0) is 24.6 Å². The molecule has 0 aliphatic heterocycles. The fourth-order valence-corrected chi connectivity index (χ4v) is 1.30. The number of nitrogens with zero attached hydrogens (tertiary/aromatic N) is 1. The quantitative estimate of drug-likeness (QED) is 0.789. The van der Waals surface area contributed by atoms with Gasteiger partial charge in [-0.3, -0.25) is 0 Å². The maximum Gasteiger partial charge on any atom is 0.225 e. The summed E-state index contributed by atoms with van der Waals surface area (Å²) in [7, 11) is 0. The molecule has 0 radical (unpaired) electrons. The average molecular weight is 189 g/mol. The van der Waals surface area contributed by atoms with Crippen LogP contribution in [0.2, 0.25) is 0 Å². The number of hydrogen-bond acceptors (Lipinski definition) is 3. The standard InChI is InChI=1S/C11H11NO2/c1-8(13)9-3-2-4-10(7-9)11-12-5-6-14-11/h2-8,13H,1H3. The summed E-state index contributed by atoms with van der Waals surface area (Å²) >= 11 is 0. The molecule has 0 aliphatic carbocycles. The molecule has 1 aromatic heterocycles. The number of hydrogen-bond donors (Lipinski definition) is 1. The zero-order valence-corrected chi connectivity index (χ0v) is 7.84. The van der Waals surface area contributed by atoms with Crippen LogP contribution < -0.4 is 0 Å². The summed E-state index contributed by atoms with van der Waals surface area (Å²) in [6, 6.07) is 7.52. The van der Waals surface area contributed by atoms with Gasteiger partial charge in [-0.25, -0.2) is 4.98 Å². The first kappa shape index (κ1) is 8.97. The second-order valence-corrected chi connectivity index (χ2v) is 3.14. The number of aromatic nitrogens is 1. The van der Waals surface area contributed by atoms with E-state index in [0.29, 0.717) is 5.89 Å². The lowest BCUT2D eigenvalue weighted by molar-refractivity contribution is 0.199. The van der Waals surface area contributed by atoms with Crippen LogP contribution in [0.25, 0.3) is 11.5 Å². The summed E-state index contributed by atoms with van der Waals surface area (Å²) in [6.07, 6.45) is 2.67. The minimum Gasteiger partial charge on any atom is -0.445 e. The maximum absolute atomic E-state index is 9.39. The van der Waals surface area contributed by atoms with E-state index in [1.165, 1.54) is 6.26 Å². The Balaban J connectivity index is 2.41. The molecule has 2 aromatic rings. The fourth-order valence-electron chi connectivity index (χ4n) is 1.30. The van der Waals surface area contributed by atoms with Gasteiger partial charge in [0.05, 0.1) is 12.3 Å². The molecular weight excluding hydrogens is 178 g/mol. The SMILES string of the molecule is CC(O)c1cccc(-c2ncco2)c1. The van der Waals surface area contributed by atoms with Gasteiger partial charge < -0.3 is 9.52 Å². The molecule has 0 fully saturated rings. The fraction of sp³-hybridized carbons (Fsp3) is 0.182. The number of aliphatic hydroxyl groups is 1. The molecule has 1 heterocycles. The van der Waals surface area contributed by atoms with E-state index in [4.69, 9.17) is 4.42 Å². The predicted molar refractivity (Wildman–Crippen MR) is 52.6 cm³/mol. The molecule has 0 amide bonds. The highest BCUT2D eigenvalue weighted by atomic mass is 16.3. The van der Waals surface area contributed by atoms with Crippen LogP contribution in [-0.2, 0) is 0 Å². The molecule has 0 bridgehead atoms. The second-order valence-electron chi connectivity index (χ2n) is 3.14. The molecule has 72 valence electrons. The Morgan fingerprint density at radius 1 is 1.43 bits per heavy atom. The number of aliphatic hydroxyl groups excluding tert-OH is 1. The van der Waals surface area contributed by atoms with Crippen LogP contribution in [0.4, 0.5) is 0 Å². The lowest BCUT2D eigenvalue weighted by Crippen LogP contribution is -1.90. The van der Waals surface area contributed by atoms with Crippen LogP contribution in [0, 0.1) is 0 Å². The van der Waals surface area contributed by atoms with Gasteiger partial charge >= 0.3 is 0 Å². The zero-order chi connectivity index (χ0) is 9.97. The molecule has 0 saturated carbocycles. The Kier molecular flexibility index (Phi) is 2.33. The molecule has 0 saturated heterocycles. The van der Waals surface area contributed by atoms with E-state index < -0.39 is 6.10 Å². The Labute approximate surface area is 82.0 Å². The maximum atomic E-state index is 9.39. The monoisotopic (exact) mass is 189 g/mol. The van der Waals surface area contributed by atoms with Gasteiger partial charge in [0, 0.05) is 5.56 Å². The van der Waals surface area contributed by atoms with E-state index in [2.05, 4.69) is 4.98 Å². The largest absolute Gasteiger partial charge is 0.445 e. The van der Waals surface area contributed by atoms with Crippen molar-refractivity contribution in [2.24, 2.45) is 0 Å².